The fourth-order valence-corrected chi connectivity index (χ4v) is 2.36. The third kappa shape index (κ3) is 3.39. The van der Waals surface area contributed by atoms with E-state index in [0.29, 0.717) is 18.8 Å². The Balaban J connectivity index is 2.04. The minimum Gasteiger partial charge on any atom is -0.494 e. The number of carbonyl (C=O) groups excluding carboxylic acids is 1. The van der Waals surface area contributed by atoms with E-state index in [-0.39, 0.29) is 24.3 Å². The smallest absolute Gasteiger partial charge is 0.321 e. The fourth-order valence-electron chi connectivity index (χ4n) is 2.36. The topological polar surface area (TPSA) is 61.8 Å². The Morgan fingerprint density at radius 1 is 1.60 bits per heavy atom. The molecule has 1 heterocycles. The molecule has 6 heteroatoms. The van der Waals surface area contributed by atoms with E-state index < -0.39 is 5.82 Å². The van der Waals surface area contributed by atoms with Crippen molar-refractivity contribution < 1.29 is 19.0 Å². The van der Waals surface area contributed by atoms with Crippen molar-refractivity contribution in [3.8, 4) is 5.75 Å². The van der Waals surface area contributed by atoms with Gasteiger partial charge in [0.2, 0.25) is 0 Å². The second-order valence-corrected chi connectivity index (χ2v) is 4.91. The number of ether oxygens (including phenoxy) is 1. The summed E-state index contributed by atoms with van der Waals surface area (Å²) in [6.45, 7) is 1.28. The van der Waals surface area contributed by atoms with Crippen molar-refractivity contribution >= 4 is 11.7 Å². The van der Waals surface area contributed by atoms with E-state index in [1.54, 1.807) is 4.90 Å². The number of nitrogens with one attached hydrogen (secondary N) is 1. The second kappa shape index (κ2) is 6.56. The predicted octanol–water partition coefficient (Wildman–Crippen LogP) is 2.07. The van der Waals surface area contributed by atoms with Crippen LogP contribution in [0.5, 0.6) is 5.75 Å². The lowest BCUT2D eigenvalue weighted by Gasteiger charge is -2.31. The van der Waals surface area contributed by atoms with Crippen LogP contribution in [0, 0.1) is 11.7 Å². The first-order valence-corrected chi connectivity index (χ1v) is 6.64. The quantitative estimate of drug-likeness (QED) is 0.892. The number of anilines is 1. The molecule has 0 saturated carbocycles. The van der Waals surface area contributed by atoms with Gasteiger partial charge < -0.3 is 20.1 Å². The fraction of sp³-hybridized carbons (Fsp3) is 0.500. The number of amides is 2. The molecular formula is C14H19FN2O3. The zero-order valence-electron chi connectivity index (χ0n) is 11.4. The number of halogens is 1. The molecule has 110 valence electrons. The standard InChI is InChI=1S/C14H19FN2O3/c1-20-13-7-11(15)4-5-12(13)16-14(19)17-6-2-3-10(8-17)9-18/h4-5,7,10,18H,2-3,6,8-9H2,1H3,(H,16,19). The van der Waals surface area contributed by atoms with Gasteiger partial charge in [0.1, 0.15) is 11.6 Å². The average molecular weight is 282 g/mol. The molecule has 1 unspecified atom stereocenters. The number of nitrogens with zero attached hydrogens (tertiary/aromatic N) is 1. The third-order valence-electron chi connectivity index (χ3n) is 3.47. The average Bonchev–Trinajstić information content (AvgIpc) is 2.49. The van der Waals surface area contributed by atoms with Gasteiger partial charge in [0.25, 0.3) is 0 Å². The molecule has 1 aromatic carbocycles. The highest BCUT2D eigenvalue weighted by Crippen LogP contribution is 2.26. The van der Waals surface area contributed by atoms with Crippen LogP contribution in [-0.4, -0.2) is 42.8 Å². The molecule has 0 aliphatic carbocycles. The van der Waals surface area contributed by atoms with Gasteiger partial charge in [-0.2, -0.15) is 0 Å². The van der Waals surface area contributed by atoms with Crippen LogP contribution in [0.25, 0.3) is 0 Å². The van der Waals surface area contributed by atoms with Crippen LogP contribution in [-0.2, 0) is 0 Å². The van der Waals surface area contributed by atoms with Crippen molar-refractivity contribution in [2.75, 3.05) is 32.1 Å². The Labute approximate surface area is 117 Å². The molecule has 0 radical (unpaired) electrons. The predicted molar refractivity (Wildman–Crippen MR) is 73.4 cm³/mol. The van der Waals surface area contributed by atoms with Gasteiger partial charge in [-0.15, -0.1) is 0 Å². The zero-order chi connectivity index (χ0) is 14.5. The first kappa shape index (κ1) is 14.6. The molecule has 20 heavy (non-hydrogen) atoms. The number of urea groups is 1. The van der Waals surface area contributed by atoms with Gasteiger partial charge in [-0.3, -0.25) is 0 Å². The van der Waals surface area contributed by atoms with E-state index >= 15 is 0 Å². The van der Waals surface area contributed by atoms with Gasteiger partial charge in [0.15, 0.2) is 0 Å². The Hall–Kier alpha value is -1.82. The molecule has 1 atom stereocenters. The highest BCUT2D eigenvalue weighted by Gasteiger charge is 2.23. The van der Waals surface area contributed by atoms with Gasteiger partial charge >= 0.3 is 6.03 Å². The third-order valence-corrected chi connectivity index (χ3v) is 3.47. The molecule has 2 rings (SSSR count). The largest absolute Gasteiger partial charge is 0.494 e. The number of likely N-dealkylation sites (tertiary alicyclic amines) is 1. The Morgan fingerprint density at radius 2 is 2.40 bits per heavy atom. The first-order valence-electron chi connectivity index (χ1n) is 6.64. The SMILES string of the molecule is COc1cc(F)ccc1NC(=O)N1CCCC(CO)C1. The number of benzene rings is 1. The lowest BCUT2D eigenvalue weighted by molar-refractivity contribution is 0.136. The number of aliphatic hydroxyl groups is 1. The molecule has 0 spiro atoms. The van der Waals surface area contributed by atoms with E-state index in [4.69, 9.17) is 4.74 Å². The molecule has 0 aromatic heterocycles. The van der Waals surface area contributed by atoms with Crippen LogP contribution in [0.15, 0.2) is 18.2 Å². The summed E-state index contributed by atoms with van der Waals surface area (Å²) in [5.41, 5.74) is 0.435. The molecule has 1 aromatic rings. The highest BCUT2D eigenvalue weighted by atomic mass is 19.1. The van der Waals surface area contributed by atoms with E-state index in [0.717, 1.165) is 12.8 Å². The summed E-state index contributed by atoms with van der Waals surface area (Å²) >= 11 is 0. The summed E-state index contributed by atoms with van der Waals surface area (Å²) in [7, 11) is 1.42. The lowest BCUT2D eigenvalue weighted by Crippen LogP contribution is -2.43. The minimum atomic E-state index is -0.418. The number of hydrogen-bond donors (Lipinski definition) is 2. The first-order chi connectivity index (χ1) is 9.63. The van der Waals surface area contributed by atoms with Gasteiger partial charge in [-0.25, -0.2) is 9.18 Å². The minimum absolute atomic E-state index is 0.0870. The van der Waals surface area contributed by atoms with Crippen LogP contribution in [0.1, 0.15) is 12.8 Å². The number of hydrogen-bond acceptors (Lipinski definition) is 3. The summed E-state index contributed by atoms with van der Waals surface area (Å²) in [5.74, 6) is -0.00292. The number of methoxy groups -OCH3 is 1. The Kier molecular flexibility index (Phi) is 4.79. The Morgan fingerprint density at radius 3 is 3.10 bits per heavy atom. The molecule has 0 bridgehead atoms. The van der Waals surface area contributed by atoms with Crippen LogP contribution in [0.2, 0.25) is 0 Å². The van der Waals surface area contributed by atoms with Gasteiger partial charge in [-0.1, -0.05) is 0 Å². The summed E-state index contributed by atoms with van der Waals surface area (Å²) in [4.78, 5) is 13.8. The molecule has 1 fully saturated rings. The molecule has 2 amide bonds. The molecule has 2 N–H and O–H groups in total. The van der Waals surface area contributed by atoms with Gasteiger partial charge in [0, 0.05) is 25.8 Å². The van der Waals surface area contributed by atoms with Gasteiger partial charge in [-0.05, 0) is 30.9 Å². The van der Waals surface area contributed by atoms with Crippen LogP contribution < -0.4 is 10.1 Å². The van der Waals surface area contributed by atoms with Crippen molar-refractivity contribution in [1.29, 1.82) is 0 Å². The second-order valence-electron chi connectivity index (χ2n) is 4.91. The Bertz CT molecular complexity index is 481. The number of carbonyl (C=O) groups is 1. The van der Waals surface area contributed by atoms with Crippen molar-refractivity contribution in [3.63, 3.8) is 0 Å². The van der Waals surface area contributed by atoms with Crippen molar-refractivity contribution in [2.45, 2.75) is 12.8 Å². The molecule has 1 saturated heterocycles. The summed E-state index contributed by atoms with van der Waals surface area (Å²) in [5, 5.41) is 11.9. The van der Waals surface area contributed by atoms with E-state index in [1.807, 2.05) is 0 Å². The number of piperidine rings is 1. The van der Waals surface area contributed by atoms with E-state index in [9.17, 15) is 14.3 Å². The highest BCUT2D eigenvalue weighted by molar-refractivity contribution is 5.91. The van der Waals surface area contributed by atoms with E-state index in [2.05, 4.69) is 5.32 Å². The van der Waals surface area contributed by atoms with Crippen LogP contribution in [0.3, 0.4) is 0 Å². The zero-order valence-corrected chi connectivity index (χ0v) is 11.4. The summed E-state index contributed by atoms with van der Waals surface area (Å²) < 4.78 is 18.1. The van der Waals surface area contributed by atoms with Gasteiger partial charge in [0.05, 0.1) is 12.8 Å². The lowest BCUT2D eigenvalue weighted by atomic mass is 9.99. The maximum Gasteiger partial charge on any atom is 0.321 e. The normalized spacial score (nSPS) is 18.8. The summed E-state index contributed by atoms with van der Waals surface area (Å²) in [6, 6.07) is 3.71. The maximum atomic E-state index is 13.1. The van der Waals surface area contributed by atoms with Crippen molar-refractivity contribution in [2.24, 2.45) is 5.92 Å². The monoisotopic (exact) mass is 282 g/mol. The van der Waals surface area contributed by atoms with Crippen molar-refractivity contribution in [1.82, 2.24) is 4.90 Å². The maximum absolute atomic E-state index is 13.1. The summed E-state index contributed by atoms with van der Waals surface area (Å²) in [6.07, 6.45) is 1.80. The molecule has 1 aliphatic rings. The van der Waals surface area contributed by atoms with E-state index in [1.165, 1.54) is 25.3 Å². The van der Waals surface area contributed by atoms with Crippen molar-refractivity contribution in [3.05, 3.63) is 24.0 Å². The number of aliphatic hydroxyl groups excluding tert-OH is 1. The number of rotatable bonds is 3. The van der Waals surface area contributed by atoms with Crippen LogP contribution >= 0.6 is 0 Å². The van der Waals surface area contributed by atoms with Crippen LogP contribution in [0.4, 0.5) is 14.9 Å². The molecule has 5 nitrogen and oxygen atoms in total. The molecule has 1 aliphatic heterocycles. The molecular weight excluding hydrogens is 263 g/mol.